The van der Waals surface area contributed by atoms with Crippen LogP contribution in [0, 0.1) is 18.7 Å². The van der Waals surface area contributed by atoms with E-state index in [0.717, 1.165) is 12.8 Å². The number of piperidine rings is 1. The fraction of sp³-hybridized carbons (Fsp3) is 0.323. The van der Waals surface area contributed by atoms with Crippen LogP contribution in [0.25, 0.3) is 10.9 Å². The predicted octanol–water partition coefficient (Wildman–Crippen LogP) is 5.20. The van der Waals surface area contributed by atoms with Crippen LogP contribution in [-0.4, -0.2) is 59.7 Å². The van der Waals surface area contributed by atoms with Crippen LogP contribution in [-0.2, 0) is 11.3 Å². The SMILES string of the molecule is [2H]C([2H])([2H])OC([2H])([2H])C([2H])([2H])NC(=O)c1ccc2nn(CC3CCN(C(=O)c4ccc(Oc5ccc(F)cc5)cc4)CC3)cc2c1C. The van der Waals surface area contributed by atoms with Gasteiger partial charge in [-0.05, 0) is 91.9 Å². The third kappa shape index (κ3) is 6.31. The Kier molecular flexibility index (Phi) is 6.08. The molecule has 0 atom stereocenters. The van der Waals surface area contributed by atoms with E-state index in [4.69, 9.17) is 14.3 Å². The number of carbonyl (C=O) groups is 2. The number of hydrogen-bond donors (Lipinski definition) is 1. The van der Waals surface area contributed by atoms with E-state index in [1.165, 1.54) is 30.3 Å². The molecule has 1 N–H and O–H groups in total. The van der Waals surface area contributed by atoms with Gasteiger partial charge in [-0.15, -0.1) is 0 Å². The van der Waals surface area contributed by atoms with Gasteiger partial charge in [-0.2, -0.15) is 5.10 Å². The maximum absolute atomic E-state index is 13.1. The van der Waals surface area contributed by atoms with Crippen LogP contribution in [0.1, 0.15) is 48.7 Å². The lowest BCUT2D eigenvalue weighted by atomic mass is 9.96. The molecule has 2 amide bonds. The van der Waals surface area contributed by atoms with Crippen LogP contribution in [0.4, 0.5) is 4.39 Å². The molecule has 0 radical (unpaired) electrons. The van der Waals surface area contributed by atoms with E-state index in [0.29, 0.717) is 53.2 Å². The lowest BCUT2D eigenvalue weighted by molar-refractivity contribution is 0.0681. The van der Waals surface area contributed by atoms with Gasteiger partial charge in [-0.3, -0.25) is 14.3 Å². The Morgan fingerprint density at radius 1 is 1.07 bits per heavy atom. The Hall–Kier alpha value is -4.24. The Labute approximate surface area is 242 Å². The first-order chi connectivity index (χ1) is 22.0. The van der Waals surface area contributed by atoms with Crippen molar-refractivity contribution in [1.29, 1.82) is 0 Å². The van der Waals surface area contributed by atoms with Crippen molar-refractivity contribution in [3.05, 3.63) is 89.4 Å². The molecule has 0 aliphatic carbocycles. The Balaban J connectivity index is 1.17. The third-order valence-corrected chi connectivity index (χ3v) is 7.03. The van der Waals surface area contributed by atoms with E-state index >= 15 is 0 Å². The summed E-state index contributed by atoms with van der Waals surface area (Å²) < 4.78 is 77.5. The Morgan fingerprint density at radius 3 is 2.48 bits per heavy atom. The van der Waals surface area contributed by atoms with Gasteiger partial charge in [0, 0.05) is 55.9 Å². The minimum atomic E-state index is -3.33. The topological polar surface area (TPSA) is 85.7 Å². The van der Waals surface area contributed by atoms with E-state index in [-0.39, 0.29) is 23.2 Å². The normalized spacial score (nSPS) is 17.6. The largest absolute Gasteiger partial charge is 0.457 e. The number of nitrogens with zero attached hydrogens (tertiary/aromatic N) is 3. The van der Waals surface area contributed by atoms with Gasteiger partial charge in [0.2, 0.25) is 0 Å². The minimum absolute atomic E-state index is 0.0764. The standard InChI is InChI=1S/C31H33FN4O4/c1-21-27(30(37)33-15-18-39-2)11-12-29-28(21)20-36(34-29)19-22-13-16-35(17-14-22)31(38)23-3-7-25(8-4-23)40-26-9-5-24(32)6-10-26/h3-12,20,22H,13-19H2,1-2H3,(H,33,37)/i2D3,15D2,18D2. The second kappa shape index (κ2) is 12.3. The molecule has 4 aromatic rings. The van der Waals surface area contributed by atoms with Gasteiger partial charge in [-0.25, -0.2) is 4.39 Å². The Bertz CT molecular complexity index is 1750. The highest BCUT2D eigenvalue weighted by molar-refractivity contribution is 6.00. The van der Waals surface area contributed by atoms with Gasteiger partial charge in [0.25, 0.3) is 11.8 Å². The zero-order valence-corrected chi connectivity index (χ0v) is 21.8. The first-order valence-corrected chi connectivity index (χ1v) is 12.8. The molecule has 1 saturated heterocycles. The number of aryl methyl sites for hydroxylation is 1. The van der Waals surface area contributed by atoms with Crippen LogP contribution in [0.2, 0.25) is 0 Å². The number of carbonyl (C=O) groups excluding carboxylic acids is 2. The summed E-state index contributed by atoms with van der Waals surface area (Å²) in [6, 6.07) is 15.5. The molecule has 5 rings (SSSR count). The molecular weight excluding hydrogens is 511 g/mol. The zero-order chi connectivity index (χ0) is 34.1. The highest BCUT2D eigenvalue weighted by atomic mass is 19.1. The number of benzene rings is 3. The maximum Gasteiger partial charge on any atom is 0.253 e. The average Bonchev–Trinajstić information content (AvgIpc) is 3.41. The summed E-state index contributed by atoms with van der Waals surface area (Å²) >= 11 is 0. The van der Waals surface area contributed by atoms with Crippen molar-refractivity contribution in [2.45, 2.75) is 26.3 Å². The summed E-state index contributed by atoms with van der Waals surface area (Å²) in [4.78, 5) is 27.9. The number of likely N-dealkylation sites (tertiary alicyclic amines) is 1. The molecule has 0 bridgehead atoms. The smallest absolute Gasteiger partial charge is 0.253 e. The molecule has 1 fully saturated rings. The van der Waals surface area contributed by atoms with Crippen molar-refractivity contribution in [3.63, 3.8) is 0 Å². The van der Waals surface area contributed by atoms with Crippen molar-refractivity contribution < 1.29 is 33.0 Å². The van der Waals surface area contributed by atoms with E-state index in [2.05, 4.69) is 9.84 Å². The van der Waals surface area contributed by atoms with Crippen molar-refractivity contribution in [3.8, 4) is 11.5 Å². The first kappa shape index (κ1) is 19.8. The predicted molar refractivity (Wildman–Crippen MR) is 150 cm³/mol. The lowest BCUT2D eigenvalue weighted by Gasteiger charge is -2.32. The van der Waals surface area contributed by atoms with Crippen LogP contribution < -0.4 is 10.1 Å². The molecule has 0 saturated carbocycles. The monoisotopic (exact) mass is 551 g/mol. The van der Waals surface area contributed by atoms with Crippen molar-refractivity contribution >= 4 is 22.7 Å². The summed E-state index contributed by atoms with van der Waals surface area (Å²) in [6.07, 6.45) is 3.31. The second-order valence-corrected chi connectivity index (χ2v) is 9.62. The summed E-state index contributed by atoms with van der Waals surface area (Å²) in [6.45, 7) is -3.09. The quantitative estimate of drug-likeness (QED) is 0.309. The van der Waals surface area contributed by atoms with Gasteiger partial charge in [0.15, 0.2) is 0 Å². The Morgan fingerprint density at radius 2 is 1.77 bits per heavy atom. The van der Waals surface area contributed by atoms with Crippen LogP contribution >= 0.6 is 0 Å². The number of rotatable bonds is 9. The first-order valence-electron chi connectivity index (χ1n) is 16.3. The molecule has 9 heteroatoms. The van der Waals surface area contributed by atoms with E-state index in [1.54, 1.807) is 48.1 Å². The highest BCUT2D eigenvalue weighted by Gasteiger charge is 2.24. The molecule has 1 aromatic heterocycles. The summed E-state index contributed by atoms with van der Waals surface area (Å²) in [5, 5.41) is 7.20. The minimum Gasteiger partial charge on any atom is -0.457 e. The molecule has 1 aliphatic rings. The molecule has 208 valence electrons. The maximum atomic E-state index is 13.1. The molecule has 1 aliphatic heterocycles. The third-order valence-electron chi connectivity index (χ3n) is 7.03. The van der Waals surface area contributed by atoms with Gasteiger partial charge >= 0.3 is 0 Å². The average molecular weight is 552 g/mol. The fourth-order valence-corrected chi connectivity index (χ4v) is 4.87. The van der Waals surface area contributed by atoms with Gasteiger partial charge < -0.3 is 19.7 Å². The molecule has 0 spiro atoms. The number of nitrogens with one attached hydrogen (secondary N) is 1. The number of amides is 2. The fourth-order valence-electron chi connectivity index (χ4n) is 4.87. The van der Waals surface area contributed by atoms with Crippen molar-refractivity contribution in [2.24, 2.45) is 5.92 Å². The molecular formula is C31H33FN4O4. The summed E-state index contributed by atoms with van der Waals surface area (Å²) in [5.41, 5.74) is 1.72. The molecule has 3 aromatic carbocycles. The lowest BCUT2D eigenvalue weighted by Crippen LogP contribution is -2.39. The van der Waals surface area contributed by atoms with Crippen LogP contribution in [0.5, 0.6) is 11.5 Å². The molecule has 40 heavy (non-hydrogen) atoms. The van der Waals surface area contributed by atoms with Crippen LogP contribution in [0.3, 0.4) is 0 Å². The highest BCUT2D eigenvalue weighted by Crippen LogP contribution is 2.26. The van der Waals surface area contributed by atoms with Gasteiger partial charge in [0.05, 0.1) is 21.7 Å². The number of halogens is 1. The van der Waals surface area contributed by atoms with E-state index in [1.807, 2.05) is 10.2 Å². The van der Waals surface area contributed by atoms with Crippen molar-refractivity contribution in [1.82, 2.24) is 20.0 Å². The van der Waals surface area contributed by atoms with Gasteiger partial charge in [-0.1, -0.05) is 0 Å². The van der Waals surface area contributed by atoms with Gasteiger partial charge in [0.1, 0.15) is 17.3 Å². The van der Waals surface area contributed by atoms with Crippen LogP contribution in [0.15, 0.2) is 66.9 Å². The number of methoxy groups -OCH3 is 1. The number of hydrogen-bond acceptors (Lipinski definition) is 5. The number of ether oxygens (including phenoxy) is 2. The number of aromatic nitrogens is 2. The molecule has 2 heterocycles. The summed E-state index contributed by atoms with van der Waals surface area (Å²) in [5.74, 6) is -0.101. The molecule has 8 nitrogen and oxygen atoms in total. The number of fused-ring (bicyclic) bond motifs is 1. The van der Waals surface area contributed by atoms with E-state index < -0.39 is 26.0 Å². The zero-order valence-electron chi connectivity index (χ0n) is 28.8. The van der Waals surface area contributed by atoms with Crippen molar-refractivity contribution in [2.75, 3.05) is 33.2 Å². The van der Waals surface area contributed by atoms with E-state index in [9.17, 15) is 14.0 Å². The summed E-state index contributed by atoms with van der Waals surface area (Å²) in [7, 11) is -3.21. The second-order valence-electron chi connectivity index (χ2n) is 9.62. The molecule has 0 unspecified atom stereocenters.